The highest BCUT2D eigenvalue weighted by molar-refractivity contribution is 9.10. The molecule has 1 N–H and O–H groups in total. The number of hydrogen-bond donors (Lipinski definition) is 1. The van der Waals surface area contributed by atoms with Crippen LogP contribution in [0.4, 0.5) is 4.39 Å². The molecular formula is C15H15BrFNS. The van der Waals surface area contributed by atoms with Crippen molar-refractivity contribution in [2.45, 2.75) is 22.8 Å². The van der Waals surface area contributed by atoms with Crippen LogP contribution < -0.4 is 5.32 Å². The van der Waals surface area contributed by atoms with Gasteiger partial charge < -0.3 is 5.32 Å². The molecular weight excluding hydrogens is 325 g/mol. The Morgan fingerprint density at radius 1 is 1.16 bits per heavy atom. The van der Waals surface area contributed by atoms with E-state index >= 15 is 0 Å². The fraction of sp³-hybridized carbons (Fsp3) is 0.200. The van der Waals surface area contributed by atoms with E-state index in [1.165, 1.54) is 23.4 Å². The van der Waals surface area contributed by atoms with Gasteiger partial charge in [-0.2, -0.15) is 0 Å². The Morgan fingerprint density at radius 2 is 1.89 bits per heavy atom. The van der Waals surface area contributed by atoms with Crippen LogP contribution in [0.3, 0.4) is 0 Å². The third-order valence-corrected chi connectivity index (χ3v) is 4.99. The summed E-state index contributed by atoms with van der Waals surface area (Å²) in [5, 5.41) is 3.20. The maximum atomic E-state index is 13.6. The molecule has 0 fully saturated rings. The highest BCUT2D eigenvalue weighted by atomic mass is 79.9. The summed E-state index contributed by atoms with van der Waals surface area (Å²) < 4.78 is 14.6. The standard InChI is InChI=1S/C15H15BrFNS/c1-10(18-2)11-7-8-14(12(16)9-11)19-15-6-4-3-5-13(15)17/h3-10,18H,1-2H3. The van der Waals surface area contributed by atoms with Crippen molar-refractivity contribution in [1.82, 2.24) is 5.32 Å². The molecule has 1 unspecified atom stereocenters. The Labute approximate surface area is 125 Å². The Morgan fingerprint density at radius 3 is 2.53 bits per heavy atom. The molecule has 1 nitrogen and oxygen atoms in total. The number of benzene rings is 2. The van der Waals surface area contributed by atoms with E-state index in [1.807, 2.05) is 19.2 Å². The molecule has 0 radical (unpaired) electrons. The van der Waals surface area contributed by atoms with Gasteiger partial charge in [0.2, 0.25) is 0 Å². The zero-order valence-electron chi connectivity index (χ0n) is 10.8. The number of hydrogen-bond acceptors (Lipinski definition) is 2. The van der Waals surface area contributed by atoms with Gasteiger partial charge in [-0.25, -0.2) is 4.39 Å². The smallest absolute Gasteiger partial charge is 0.137 e. The SMILES string of the molecule is CNC(C)c1ccc(Sc2ccccc2F)c(Br)c1. The van der Waals surface area contributed by atoms with Crippen LogP contribution in [0.25, 0.3) is 0 Å². The summed E-state index contributed by atoms with van der Waals surface area (Å²) in [5.41, 5.74) is 1.20. The highest BCUT2D eigenvalue weighted by Gasteiger charge is 2.09. The lowest BCUT2D eigenvalue weighted by atomic mass is 10.1. The average molecular weight is 340 g/mol. The Bertz CT molecular complexity index is 574. The van der Waals surface area contributed by atoms with Gasteiger partial charge in [-0.3, -0.25) is 0 Å². The molecule has 0 aliphatic heterocycles. The molecule has 0 saturated heterocycles. The van der Waals surface area contributed by atoms with Crippen molar-refractivity contribution in [2.24, 2.45) is 0 Å². The third-order valence-electron chi connectivity index (χ3n) is 2.95. The second-order valence-electron chi connectivity index (χ2n) is 4.23. The molecule has 0 aliphatic carbocycles. The molecule has 4 heteroatoms. The van der Waals surface area contributed by atoms with Crippen molar-refractivity contribution in [2.75, 3.05) is 7.05 Å². The molecule has 0 aliphatic rings. The molecule has 0 spiro atoms. The first-order chi connectivity index (χ1) is 9.11. The summed E-state index contributed by atoms with van der Waals surface area (Å²) in [7, 11) is 1.93. The summed E-state index contributed by atoms with van der Waals surface area (Å²) in [6.45, 7) is 2.10. The van der Waals surface area contributed by atoms with Crippen LogP contribution in [0, 0.1) is 5.82 Å². The van der Waals surface area contributed by atoms with Gasteiger partial charge >= 0.3 is 0 Å². The van der Waals surface area contributed by atoms with Crippen LogP contribution in [-0.2, 0) is 0 Å². The lowest BCUT2D eigenvalue weighted by Gasteiger charge is -2.13. The Balaban J connectivity index is 2.25. The summed E-state index contributed by atoms with van der Waals surface area (Å²) in [4.78, 5) is 1.65. The molecule has 2 aromatic rings. The van der Waals surface area contributed by atoms with Gasteiger partial charge in [0.25, 0.3) is 0 Å². The van der Waals surface area contributed by atoms with Gasteiger partial charge in [0.1, 0.15) is 5.82 Å². The van der Waals surface area contributed by atoms with E-state index in [-0.39, 0.29) is 5.82 Å². The van der Waals surface area contributed by atoms with Crippen molar-refractivity contribution in [3.63, 3.8) is 0 Å². The predicted octanol–water partition coefficient (Wildman–Crippen LogP) is 5.02. The zero-order valence-corrected chi connectivity index (χ0v) is 13.2. The van der Waals surface area contributed by atoms with Crippen molar-refractivity contribution in [1.29, 1.82) is 0 Å². The van der Waals surface area contributed by atoms with Crippen molar-refractivity contribution >= 4 is 27.7 Å². The first-order valence-electron chi connectivity index (χ1n) is 6.01. The van der Waals surface area contributed by atoms with E-state index in [9.17, 15) is 4.39 Å². The quantitative estimate of drug-likeness (QED) is 0.839. The predicted molar refractivity (Wildman–Crippen MR) is 82.1 cm³/mol. The third kappa shape index (κ3) is 3.59. The molecule has 100 valence electrons. The van der Waals surface area contributed by atoms with Gasteiger partial charge in [0.05, 0.1) is 0 Å². The van der Waals surface area contributed by atoms with Crippen molar-refractivity contribution in [3.05, 3.63) is 58.3 Å². The van der Waals surface area contributed by atoms with E-state index in [4.69, 9.17) is 0 Å². The Hall–Kier alpha value is -0.840. The number of halogens is 2. The maximum absolute atomic E-state index is 13.6. The molecule has 0 heterocycles. The molecule has 0 amide bonds. The lowest BCUT2D eigenvalue weighted by molar-refractivity contribution is 0.602. The fourth-order valence-electron chi connectivity index (χ4n) is 1.68. The Kier molecular flexibility index (Phi) is 5.02. The van der Waals surface area contributed by atoms with Crippen LogP contribution in [0.2, 0.25) is 0 Å². The summed E-state index contributed by atoms with van der Waals surface area (Å²) in [6, 6.07) is 13.3. The molecule has 1 atom stereocenters. The molecule has 2 aromatic carbocycles. The minimum atomic E-state index is -0.188. The van der Waals surface area contributed by atoms with Crippen molar-refractivity contribution < 1.29 is 4.39 Å². The molecule has 0 bridgehead atoms. The van der Waals surface area contributed by atoms with Crippen LogP contribution in [0.15, 0.2) is 56.7 Å². The number of rotatable bonds is 4. The lowest BCUT2D eigenvalue weighted by Crippen LogP contribution is -2.12. The minimum absolute atomic E-state index is 0.188. The van der Waals surface area contributed by atoms with Gasteiger partial charge in [-0.15, -0.1) is 0 Å². The van der Waals surface area contributed by atoms with Gasteiger partial charge in [0.15, 0.2) is 0 Å². The van der Waals surface area contributed by atoms with Crippen LogP contribution in [0.1, 0.15) is 18.5 Å². The molecule has 19 heavy (non-hydrogen) atoms. The van der Waals surface area contributed by atoms with Crippen LogP contribution >= 0.6 is 27.7 Å². The fourth-order valence-corrected chi connectivity index (χ4v) is 3.16. The maximum Gasteiger partial charge on any atom is 0.137 e. The largest absolute Gasteiger partial charge is 0.313 e. The monoisotopic (exact) mass is 339 g/mol. The molecule has 2 rings (SSSR count). The van der Waals surface area contributed by atoms with E-state index < -0.39 is 0 Å². The topological polar surface area (TPSA) is 12.0 Å². The van der Waals surface area contributed by atoms with Gasteiger partial charge in [-0.1, -0.05) is 30.0 Å². The number of nitrogens with one attached hydrogen (secondary N) is 1. The summed E-state index contributed by atoms with van der Waals surface area (Å²) in [6.07, 6.45) is 0. The summed E-state index contributed by atoms with van der Waals surface area (Å²) in [5.74, 6) is -0.188. The normalized spacial score (nSPS) is 12.4. The summed E-state index contributed by atoms with van der Waals surface area (Å²) >= 11 is 4.98. The first kappa shape index (κ1) is 14.6. The van der Waals surface area contributed by atoms with Crippen LogP contribution in [-0.4, -0.2) is 7.05 Å². The van der Waals surface area contributed by atoms with E-state index in [0.29, 0.717) is 10.9 Å². The highest BCUT2D eigenvalue weighted by Crippen LogP contribution is 2.35. The van der Waals surface area contributed by atoms with Gasteiger partial charge in [0, 0.05) is 20.3 Å². The minimum Gasteiger partial charge on any atom is -0.313 e. The first-order valence-corrected chi connectivity index (χ1v) is 7.62. The molecule has 0 aromatic heterocycles. The van der Waals surface area contributed by atoms with E-state index in [2.05, 4.69) is 40.3 Å². The van der Waals surface area contributed by atoms with Crippen molar-refractivity contribution in [3.8, 4) is 0 Å². The second-order valence-corrected chi connectivity index (χ2v) is 6.17. The second kappa shape index (κ2) is 6.55. The molecule has 0 saturated carbocycles. The van der Waals surface area contributed by atoms with Gasteiger partial charge in [-0.05, 0) is 59.7 Å². The van der Waals surface area contributed by atoms with E-state index in [1.54, 1.807) is 12.1 Å². The zero-order chi connectivity index (χ0) is 13.8. The average Bonchev–Trinajstić information content (AvgIpc) is 2.42. The van der Waals surface area contributed by atoms with Crippen LogP contribution in [0.5, 0.6) is 0 Å². The van der Waals surface area contributed by atoms with E-state index in [0.717, 1.165) is 9.37 Å².